The molecule has 94 valence electrons. The second-order valence-electron chi connectivity index (χ2n) is 3.62. The second-order valence-corrected chi connectivity index (χ2v) is 3.62. The van der Waals surface area contributed by atoms with Crippen molar-refractivity contribution < 1.29 is 9.32 Å². The number of nitrogens with one attached hydrogen (secondary N) is 1. The number of hydrazone groups is 1. The van der Waals surface area contributed by atoms with Crippen LogP contribution >= 0.6 is 0 Å². The van der Waals surface area contributed by atoms with Crippen molar-refractivity contribution in [3.8, 4) is 0 Å². The first-order valence-electron chi connectivity index (χ1n) is 5.47. The normalized spacial score (nSPS) is 9.94. The minimum Gasteiger partial charge on any atom is -0.369 e. The van der Waals surface area contributed by atoms with Crippen molar-refractivity contribution in [1.29, 1.82) is 0 Å². The van der Waals surface area contributed by atoms with Crippen LogP contribution in [0.25, 0.3) is 0 Å². The largest absolute Gasteiger partial charge is 0.369 e. The maximum Gasteiger partial charge on any atom is 0.293 e. The van der Waals surface area contributed by atoms with Gasteiger partial charge in [-0.15, -0.1) is 5.10 Å². The Kier molecular flexibility index (Phi) is 4.99. The Morgan fingerprint density at radius 1 is 1.53 bits per heavy atom. The summed E-state index contributed by atoms with van der Waals surface area (Å²) < 4.78 is 4.78. The Hall–Kier alpha value is -2.05. The fraction of sp³-hybridized carbons (Fsp3) is 0.500. The molecule has 1 amide bonds. The van der Waals surface area contributed by atoms with Crippen molar-refractivity contribution in [2.24, 2.45) is 16.6 Å². The van der Waals surface area contributed by atoms with E-state index in [0.29, 0.717) is 0 Å². The third-order valence-electron chi connectivity index (χ3n) is 2.19. The van der Waals surface area contributed by atoms with Crippen LogP contribution in [0.4, 0.5) is 0 Å². The van der Waals surface area contributed by atoms with Gasteiger partial charge in [-0.1, -0.05) is 24.9 Å². The highest BCUT2D eigenvalue weighted by atomic mass is 16.5. The lowest BCUT2D eigenvalue weighted by Gasteiger charge is -1.99. The summed E-state index contributed by atoms with van der Waals surface area (Å²) in [6.07, 6.45) is 5.42. The molecule has 0 saturated heterocycles. The Labute approximate surface area is 99.2 Å². The second kappa shape index (κ2) is 6.51. The number of aromatic nitrogens is 1. The molecule has 0 atom stereocenters. The van der Waals surface area contributed by atoms with Crippen LogP contribution in [0.1, 0.15) is 42.2 Å². The highest BCUT2D eigenvalue weighted by molar-refractivity contribution is 5.94. The van der Waals surface area contributed by atoms with E-state index < -0.39 is 5.91 Å². The lowest BCUT2D eigenvalue weighted by molar-refractivity contribution is 0.0945. The van der Waals surface area contributed by atoms with E-state index >= 15 is 0 Å². The van der Waals surface area contributed by atoms with Crippen molar-refractivity contribution in [3.63, 3.8) is 0 Å². The number of aryl methyl sites for hydroxylation is 1. The predicted molar refractivity (Wildman–Crippen MR) is 63.0 cm³/mol. The summed E-state index contributed by atoms with van der Waals surface area (Å²) >= 11 is 0. The maximum atomic E-state index is 11.6. The summed E-state index contributed by atoms with van der Waals surface area (Å²) in [6.45, 7) is 2.11. The molecule has 17 heavy (non-hydrogen) atoms. The molecule has 0 aliphatic rings. The molecule has 0 aliphatic heterocycles. The zero-order valence-corrected chi connectivity index (χ0v) is 9.77. The van der Waals surface area contributed by atoms with Crippen LogP contribution < -0.4 is 16.9 Å². The molecule has 0 spiro atoms. The molecule has 7 nitrogen and oxygen atoms in total. The smallest absolute Gasteiger partial charge is 0.293 e. The summed E-state index contributed by atoms with van der Waals surface area (Å²) in [5.41, 5.74) is 13.4. The predicted octanol–water partition coefficient (Wildman–Crippen LogP) is 0.326. The zero-order chi connectivity index (χ0) is 12.7. The molecule has 1 rings (SSSR count). The molecule has 0 bridgehead atoms. The number of hydrogen-bond donors (Lipinski definition) is 3. The zero-order valence-electron chi connectivity index (χ0n) is 9.77. The SMILES string of the molecule is CCCCCc1conc1C(=O)NN=C(N)N. The first-order valence-corrected chi connectivity index (χ1v) is 5.47. The van der Waals surface area contributed by atoms with Gasteiger partial charge in [-0.2, -0.15) is 0 Å². The molecule has 0 unspecified atom stereocenters. The van der Waals surface area contributed by atoms with Gasteiger partial charge in [0.1, 0.15) is 6.26 Å². The number of nitrogens with two attached hydrogens (primary N) is 2. The van der Waals surface area contributed by atoms with Gasteiger partial charge in [-0.3, -0.25) is 4.79 Å². The van der Waals surface area contributed by atoms with Crippen molar-refractivity contribution in [2.45, 2.75) is 32.6 Å². The first kappa shape index (κ1) is 13.0. The molecular formula is C10H17N5O2. The number of guanidine groups is 1. The topological polar surface area (TPSA) is 120 Å². The van der Waals surface area contributed by atoms with Crippen LogP contribution in [0.15, 0.2) is 15.9 Å². The molecule has 0 fully saturated rings. The number of carbonyl (C=O) groups is 1. The number of nitrogens with zero attached hydrogens (tertiary/aromatic N) is 2. The number of carbonyl (C=O) groups excluding carboxylic acids is 1. The monoisotopic (exact) mass is 239 g/mol. The number of amides is 1. The Morgan fingerprint density at radius 2 is 2.29 bits per heavy atom. The average Bonchev–Trinajstić information content (AvgIpc) is 2.74. The van der Waals surface area contributed by atoms with Crippen molar-refractivity contribution in [3.05, 3.63) is 17.5 Å². The van der Waals surface area contributed by atoms with Crippen LogP contribution in [0.5, 0.6) is 0 Å². The van der Waals surface area contributed by atoms with E-state index in [1.807, 2.05) is 0 Å². The van der Waals surface area contributed by atoms with Gasteiger partial charge in [0.15, 0.2) is 5.69 Å². The molecular weight excluding hydrogens is 222 g/mol. The van der Waals surface area contributed by atoms with Gasteiger partial charge in [-0.25, -0.2) is 5.43 Å². The van der Waals surface area contributed by atoms with E-state index in [1.54, 1.807) is 0 Å². The van der Waals surface area contributed by atoms with Gasteiger partial charge in [0.2, 0.25) is 5.96 Å². The number of hydrogen-bond acceptors (Lipinski definition) is 4. The van der Waals surface area contributed by atoms with Crippen LogP contribution in [0.2, 0.25) is 0 Å². The fourth-order valence-corrected chi connectivity index (χ4v) is 1.36. The summed E-state index contributed by atoms with van der Waals surface area (Å²) in [7, 11) is 0. The minimum atomic E-state index is -0.473. The molecule has 1 aromatic rings. The first-order chi connectivity index (χ1) is 8.15. The van der Waals surface area contributed by atoms with Gasteiger partial charge < -0.3 is 16.0 Å². The molecule has 7 heteroatoms. The minimum absolute atomic E-state index is 0.214. The van der Waals surface area contributed by atoms with E-state index in [1.165, 1.54) is 6.26 Å². The summed E-state index contributed by atoms with van der Waals surface area (Å²) in [5.74, 6) is -0.687. The Morgan fingerprint density at radius 3 is 2.94 bits per heavy atom. The summed E-state index contributed by atoms with van der Waals surface area (Å²) in [5, 5.41) is 7.04. The average molecular weight is 239 g/mol. The van der Waals surface area contributed by atoms with Crippen molar-refractivity contribution >= 4 is 11.9 Å². The lowest BCUT2D eigenvalue weighted by atomic mass is 10.1. The third kappa shape index (κ3) is 4.13. The standard InChI is InChI=1S/C10H17N5O2/c1-2-3-4-5-7-6-17-15-8(7)9(16)13-14-10(11)12/h6H,2-5H2,1H3,(H,13,16)(H4,11,12,14). The Bertz CT molecular complexity index is 395. The molecule has 5 N–H and O–H groups in total. The molecule has 1 heterocycles. The maximum absolute atomic E-state index is 11.6. The molecule has 0 radical (unpaired) electrons. The summed E-state index contributed by atoms with van der Waals surface area (Å²) in [6, 6.07) is 0. The van der Waals surface area contributed by atoms with E-state index in [9.17, 15) is 4.79 Å². The summed E-state index contributed by atoms with van der Waals surface area (Å²) in [4.78, 5) is 11.6. The lowest BCUT2D eigenvalue weighted by Crippen LogP contribution is -2.29. The van der Waals surface area contributed by atoms with Gasteiger partial charge in [-0.05, 0) is 12.8 Å². The van der Waals surface area contributed by atoms with E-state index in [2.05, 4.69) is 22.6 Å². The highest BCUT2D eigenvalue weighted by Gasteiger charge is 2.15. The van der Waals surface area contributed by atoms with Crippen LogP contribution in [-0.2, 0) is 6.42 Å². The van der Waals surface area contributed by atoms with Crippen LogP contribution in [0.3, 0.4) is 0 Å². The third-order valence-corrected chi connectivity index (χ3v) is 2.19. The molecule has 0 aliphatic carbocycles. The van der Waals surface area contributed by atoms with E-state index in [4.69, 9.17) is 16.0 Å². The molecule has 1 aromatic heterocycles. The molecule has 0 saturated carbocycles. The van der Waals surface area contributed by atoms with Crippen LogP contribution in [0, 0.1) is 0 Å². The van der Waals surface area contributed by atoms with E-state index in [-0.39, 0.29) is 11.7 Å². The quantitative estimate of drug-likeness (QED) is 0.286. The van der Waals surface area contributed by atoms with E-state index in [0.717, 1.165) is 31.2 Å². The van der Waals surface area contributed by atoms with Crippen molar-refractivity contribution in [2.75, 3.05) is 0 Å². The van der Waals surface area contributed by atoms with Gasteiger partial charge >= 0.3 is 0 Å². The van der Waals surface area contributed by atoms with Crippen molar-refractivity contribution in [1.82, 2.24) is 10.6 Å². The fourth-order valence-electron chi connectivity index (χ4n) is 1.36. The highest BCUT2D eigenvalue weighted by Crippen LogP contribution is 2.11. The number of rotatable bonds is 6. The van der Waals surface area contributed by atoms with Gasteiger partial charge in [0.05, 0.1) is 0 Å². The van der Waals surface area contributed by atoms with Gasteiger partial charge in [0, 0.05) is 5.56 Å². The van der Waals surface area contributed by atoms with Crippen LogP contribution in [-0.4, -0.2) is 17.0 Å². The number of unbranched alkanes of at least 4 members (excludes halogenated alkanes) is 2. The van der Waals surface area contributed by atoms with Gasteiger partial charge in [0.25, 0.3) is 5.91 Å². The Balaban J connectivity index is 2.61. The molecule has 0 aromatic carbocycles.